The summed E-state index contributed by atoms with van der Waals surface area (Å²) >= 11 is 0. The van der Waals surface area contributed by atoms with E-state index in [0.29, 0.717) is 0 Å². The summed E-state index contributed by atoms with van der Waals surface area (Å²) in [5, 5.41) is 0. The van der Waals surface area contributed by atoms with E-state index in [2.05, 4.69) is 20.8 Å². The zero-order valence-corrected chi connectivity index (χ0v) is 20.8. The van der Waals surface area contributed by atoms with Gasteiger partial charge in [-0.05, 0) is 0 Å². The van der Waals surface area contributed by atoms with Crippen molar-refractivity contribution in [3.8, 4) is 0 Å². The van der Waals surface area contributed by atoms with Crippen molar-refractivity contribution in [1.82, 2.24) is 0 Å². The molecule has 0 radical (unpaired) electrons. The third-order valence-corrected chi connectivity index (χ3v) is 5.36. The van der Waals surface area contributed by atoms with Gasteiger partial charge in [-0.25, -0.2) is 0 Å². The third-order valence-electron chi connectivity index (χ3n) is 2.99. The Hall–Kier alpha value is 1.06. The van der Waals surface area contributed by atoms with Crippen LogP contribution in [0.5, 0.6) is 0 Å². The van der Waals surface area contributed by atoms with Crippen molar-refractivity contribution >= 4 is 46.7 Å². The molecule has 0 atom stereocenters. The van der Waals surface area contributed by atoms with Crippen LogP contribution in [0.25, 0.3) is 0 Å². The van der Waals surface area contributed by atoms with Gasteiger partial charge in [0.2, 0.25) is 0 Å². The van der Waals surface area contributed by atoms with Crippen molar-refractivity contribution in [2.24, 2.45) is 0 Å². The van der Waals surface area contributed by atoms with E-state index in [0.717, 1.165) is 18.1 Å². The minimum Gasteiger partial charge on any atom is -0.863 e. The van der Waals surface area contributed by atoms with Crippen LogP contribution in [0.1, 0.15) is 78.6 Å². The Morgan fingerprint density at radius 3 is 0.864 bits per heavy atom. The first-order valence-corrected chi connectivity index (χ1v) is 13.7. The molecule has 0 aromatic rings. The van der Waals surface area contributed by atoms with Crippen molar-refractivity contribution < 1.29 is 14.4 Å². The average molecular weight is 379 g/mol. The standard InChI is InChI=1S/3C5H13OSi.Al/c3*1-2-3-4-5-7-6;/h3*2-5,7H2,1H3;/q3*-1;+3. The molecule has 132 valence electrons. The SMILES string of the molecule is CCCCC[SiH2][O-].CCCCC[SiH2][O-].CCCCC[SiH2][O-].[Al+3]. The second-order valence-electron chi connectivity index (χ2n) is 5.29. The molecule has 0 aliphatic rings. The Kier molecular flexibility index (Phi) is 53.3. The van der Waals surface area contributed by atoms with Gasteiger partial charge >= 0.3 is 17.4 Å². The first-order chi connectivity index (χ1) is 10.2. The molecule has 0 unspecified atom stereocenters. The van der Waals surface area contributed by atoms with Crippen LogP contribution < -0.4 is 14.4 Å². The van der Waals surface area contributed by atoms with Crippen LogP contribution in [0.2, 0.25) is 18.1 Å². The van der Waals surface area contributed by atoms with E-state index in [9.17, 15) is 14.4 Å². The number of hydrogen-bond donors (Lipinski definition) is 0. The molecular weight excluding hydrogens is 339 g/mol. The minimum atomic E-state index is -0.856. The van der Waals surface area contributed by atoms with E-state index in [-0.39, 0.29) is 17.4 Å². The maximum Gasteiger partial charge on any atom is 3.00 e. The van der Waals surface area contributed by atoms with Crippen molar-refractivity contribution in [3.05, 3.63) is 0 Å². The maximum atomic E-state index is 9.94. The Balaban J connectivity index is -0.000000108. The second-order valence-corrected chi connectivity index (χ2v) is 8.64. The van der Waals surface area contributed by atoms with Crippen LogP contribution in [-0.2, 0) is 0 Å². The van der Waals surface area contributed by atoms with Gasteiger partial charge < -0.3 is 14.4 Å². The van der Waals surface area contributed by atoms with Crippen LogP contribution in [0.4, 0.5) is 0 Å². The summed E-state index contributed by atoms with van der Waals surface area (Å²) in [6.45, 7) is 6.48. The fraction of sp³-hybridized carbons (Fsp3) is 1.00. The maximum absolute atomic E-state index is 9.94. The molecular formula is C15H39AlO3Si3. The summed E-state index contributed by atoms with van der Waals surface area (Å²) < 4.78 is 0. The Labute approximate surface area is 157 Å². The van der Waals surface area contributed by atoms with Crippen molar-refractivity contribution in [2.45, 2.75) is 96.7 Å². The molecule has 0 bridgehead atoms. The normalized spacial score (nSPS) is 10.6. The summed E-state index contributed by atoms with van der Waals surface area (Å²) in [5.41, 5.74) is 0. The summed E-state index contributed by atoms with van der Waals surface area (Å²) in [4.78, 5) is 29.8. The third kappa shape index (κ3) is 49.7. The topological polar surface area (TPSA) is 69.2 Å². The molecule has 0 aromatic heterocycles. The molecule has 0 saturated heterocycles. The van der Waals surface area contributed by atoms with E-state index in [1.807, 2.05) is 0 Å². The molecule has 0 spiro atoms. The van der Waals surface area contributed by atoms with Gasteiger partial charge in [0.05, 0.1) is 0 Å². The first-order valence-electron chi connectivity index (χ1n) is 8.99. The van der Waals surface area contributed by atoms with E-state index in [4.69, 9.17) is 0 Å². The molecule has 22 heavy (non-hydrogen) atoms. The molecule has 0 aliphatic heterocycles. The Morgan fingerprint density at radius 2 is 0.727 bits per heavy atom. The Morgan fingerprint density at radius 1 is 0.500 bits per heavy atom. The van der Waals surface area contributed by atoms with Gasteiger partial charge in [-0.2, -0.15) is 0 Å². The fourth-order valence-electron chi connectivity index (χ4n) is 1.59. The van der Waals surface area contributed by atoms with Crippen molar-refractivity contribution in [2.75, 3.05) is 0 Å². The van der Waals surface area contributed by atoms with Gasteiger partial charge in [0, 0.05) is 0 Å². The van der Waals surface area contributed by atoms with Crippen LogP contribution in [0.15, 0.2) is 0 Å². The van der Waals surface area contributed by atoms with Gasteiger partial charge in [0.1, 0.15) is 0 Å². The van der Waals surface area contributed by atoms with Crippen LogP contribution in [0.3, 0.4) is 0 Å². The summed E-state index contributed by atoms with van der Waals surface area (Å²) in [7, 11) is -2.57. The predicted octanol–water partition coefficient (Wildman–Crippen LogP) is -0.264. The van der Waals surface area contributed by atoms with Crippen molar-refractivity contribution in [1.29, 1.82) is 0 Å². The Bertz CT molecular complexity index is 111. The van der Waals surface area contributed by atoms with E-state index in [1.54, 1.807) is 0 Å². The summed E-state index contributed by atoms with van der Waals surface area (Å²) in [6, 6.07) is 3.02. The molecule has 7 heteroatoms. The second kappa shape index (κ2) is 37.9. The molecule has 0 aromatic carbocycles. The van der Waals surface area contributed by atoms with Gasteiger partial charge in [0.15, 0.2) is 0 Å². The average Bonchev–Trinajstić information content (AvgIpc) is 2.50. The molecule has 0 rings (SSSR count). The van der Waals surface area contributed by atoms with Crippen molar-refractivity contribution in [3.63, 3.8) is 0 Å². The molecule has 3 nitrogen and oxygen atoms in total. The first kappa shape index (κ1) is 30.9. The number of unbranched alkanes of at least 4 members (excludes halogenated alkanes) is 6. The summed E-state index contributed by atoms with van der Waals surface area (Å²) in [5.74, 6) is 0. The largest absolute Gasteiger partial charge is 3.00 e. The van der Waals surface area contributed by atoms with Gasteiger partial charge in [-0.15, -0.1) is 0 Å². The minimum absolute atomic E-state index is 0. The zero-order chi connectivity index (χ0) is 16.6. The van der Waals surface area contributed by atoms with Gasteiger partial charge in [-0.3, -0.25) is 0 Å². The van der Waals surface area contributed by atoms with E-state index in [1.165, 1.54) is 57.8 Å². The number of rotatable bonds is 12. The molecule has 0 amide bonds. The van der Waals surface area contributed by atoms with Gasteiger partial charge in [0.25, 0.3) is 0 Å². The van der Waals surface area contributed by atoms with Gasteiger partial charge in [-0.1, -0.05) is 126 Å². The molecule has 0 heterocycles. The predicted molar refractivity (Wildman–Crippen MR) is 104 cm³/mol. The van der Waals surface area contributed by atoms with E-state index >= 15 is 0 Å². The summed E-state index contributed by atoms with van der Waals surface area (Å²) in [6.07, 6.45) is 11.1. The smallest absolute Gasteiger partial charge is 0.863 e. The van der Waals surface area contributed by atoms with Crippen LogP contribution in [-0.4, -0.2) is 46.7 Å². The molecule has 0 N–H and O–H groups in total. The van der Waals surface area contributed by atoms with Crippen LogP contribution >= 0.6 is 0 Å². The quantitative estimate of drug-likeness (QED) is 0.347. The molecule has 0 saturated carbocycles. The zero-order valence-electron chi connectivity index (χ0n) is 15.4. The fourth-order valence-corrected chi connectivity index (χ4v) is 3.26. The molecule has 0 aliphatic carbocycles. The number of hydrogen-bond acceptors (Lipinski definition) is 3. The van der Waals surface area contributed by atoms with Crippen LogP contribution in [0, 0.1) is 0 Å². The van der Waals surface area contributed by atoms with E-state index < -0.39 is 29.3 Å². The monoisotopic (exact) mass is 378 g/mol. The molecule has 0 fully saturated rings.